The van der Waals surface area contributed by atoms with Gasteiger partial charge in [0.05, 0.1) is 28.1 Å². The number of aromatic nitrogens is 2. The van der Waals surface area contributed by atoms with Gasteiger partial charge in [0.1, 0.15) is 24.0 Å². The summed E-state index contributed by atoms with van der Waals surface area (Å²) < 4.78 is 9.83. The molecule has 5 nitrogen and oxygen atoms in total. The average Bonchev–Trinajstić information content (AvgIpc) is 1.57. The molecule has 0 saturated carbocycles. The zero-order valence-corrected chi connectivity index (χ0v) is 50.6. The number of ether oxygens (including phenoxy) is 1. The van der Waals surface area contributed by atoms with E-state index in [0.717, 1.165) is 50.8 Å². The summed E-state index contributed by atoms with van der Waals surface area (Å²) >= 11 is 0. The minimum absolute atomic E-state index is 0.0131. The Hall–Kier alpha value is -9.23. The van der Waals surface area contributed by atoms with Gasteiger partial charge in [-0.1, -0.05) is 226 Å². The summed E-state index contributed by atoms with van der Waals surface area (Å²) in [6.45, 7) is 21.2. The van der Waals surface area contributed by atoms with E-state index in [1.165, 1.54) is 81.9 Å². The normalized spacial score (nSPS) is 13.8. The third-order valence-electron chi connectivity index (χ3n) is 17.7. The third kappa shape index (κ3) is 8.85. The number of benzene rings is 10. The molecule has 84 heavy (non-hydrogen) atoms. The summed E-state index contributed by atoms with van der Waals surface area (Å²) in [5, 5.41) is 7.69. The average molecular weight is 1110 g/mol. The highest BCUT2D eigenvalue weighted by molar-refractivity contribution is 7.22. The molecule has 0 N–H and O–H groups in total. The molecule has 10 aromatic carbocycles. The third-order valence-corrected chi connectivity index (χ3v) is 22.5. The van der Waals surface area contributed by atoms with Crippen molar-refractivity contribution in [1.29, 1.82) is 0 Å². The van der Waals surface area contributed by atoms with Crippen molar-refractivity contribution in [2.24, 2.45) is 0 Å². The summed E-state index contributed by atoms with van der Waals surface area (Å²) in [5.41, 5.74) is 17.7. The predicted octanol–water partition coefficient (Wildman–Crippen LogP) is 17.8. The van der Waals surface area contributed by atoms with Crippen LogP contribution in [0.15, 0.2) is 249 Å². The van der Waals surface area contributed by atoms with Gasteiger partial charge in [-0.15, -0.1) is 0 Å². The first-order chi connectivity index (χ1) is 40.5. The zero-order valence-electron chi connectivity index (χ0n) is 49.6. The molecule has 2 aliphatic rings. The summed E-state index contributed by atoms with van der Waals surface area (Å²) in [4.78, 5) is 10.1. The van der Waals surface area contributed by atoms with E-state index >= 15 is 0 Å². The first-order valence-corrected chi connectivity index (χ1v) is 31.6. The Morgan fingerprint density at radius 3 is 1.56 bits per heavy atom. The molecule has 0 fully saturated rings. The topological polar surface area (TPSA) is 33.5 Å². The molecule has 0 amide bonds. The number of nitrogens with zero attached hydrogens (tertiary/aromatic N) is 4. The molecule has 2 aliphatic heterocycles. The molecule has 0 atom stereocenters. The molecule has 6 heteroatoms. The number of fused-ring (bicyclic) bond motifs is 7. The van der Waals surface area contributed by atoms with Crippen LogP contribution in [0.5, 0.6) is 11.5 Å². The predicted molar refractivity (Wildman–Crippen MR) is 357 cm³/mol. The van der Waals surface area contributed by atoms with Crippen LogP contribution in [-0.2, 0) is 16.2 Å². The molecule has 0 unspecified atom stereocenters. The van der Waals surface area contributed by atoms with Crippen molar-refractivity contribution in [3.05, 3.63) is 266 Å². The van der Waals surface area contributed by atoms with E-state index < -0.39 is 8.07 Å². The van der Waals surface area contributed by atoms with Crippen molar-refractivity contribution >= 4 is 73.4 Å². The smallest absolute Gasteiger partial charge is 0.181 e. The lowest BCUT2D eigenvalue weighted by Crippen LogP contribution is -2.72. The molecule has 0 aliphatic carbocycles. The van der Waals surface area contributed by atoms with Crippen molar-refractivity contribution in [1.82, 2.24) is 9.55 Å². The maximum absolute atomic E-state index is 7.52. The number of anilines is 4. The van der Waals surface area contributed by atoms with E-state index in [-0.39, 0.29) is 16.2 Å². The van der Waals surface area contributed by atoms with Crippen molar-refractivity contribution in [3.63, 3.8) is 0 Å². The molecule has 0 spiro atoms. The second kappa shape index (κ2) is 20.0. The van der Waals surface area contributed by atoms with Crippen LogP contribution in [0.25, 0.3) is 61.0 Å². The van der Waals surface area contributed by atoms with E-state index in [1.54, 1.807) is 0 Å². The maximum atomic E-state index is 7.52. The van der Waals surface area contributed by atoms with Crippen LogP contribution in [0.2, 0.25) is 0 Å². The Morgan fingerprint density at radius 1 is 0.393 bits per heavy atom. The lowest BCUT2D eigenvalue weighted by molar-refractivity contribution is 0.484. The van der Waals surface area contributed by atoms with Crippen LogP contribution in [0, 0.1) is 0 Å². The molecule has 0 bridgehead atoms. The van der Waals surface area contributed by atoms with E-state index in [1.807, 2.05) is 6.20 Å². The highest BCUT2D eigenvalue weighted by atomic mass is 28.3. The van der Waals surface area contributed by atoms with Crippen LogP contribution in [0.4, 0.5) is 22.7 Å². The van der Waals surface area contributed by atoms with Crippen molar-refractivity contribution in [2.45, 2.75) is 78.6 Å². The second-order valence-corrected chi connectivity index (χ2v) is 29.8. The highest BCUT2D eigenvalue weighted by Gasteiger charge is 2.49. The fourth-order valence-corrected chi connectivity index (χ4v) is 18.5. The first-order valence-electron chi connectivity index (χ1n) is 29.6. The Labute approximate surface area is 496 Å². The van der Waals surface area contributed by atoms with Gasteiger partial charge >= 0.3 is 0 Å². The molecular weight excluding hydrogens is 1040 g/mol. The number of pyridine rings is 1. The van der Waals surface area contributed by atoms with Gasteiger partial charge in [0, 0.05) is 45.9 Å². The Balaban J connectivity index is 1.01. The molecule has 0 saturated heterocycles. The van der Waals surface area contributed by atoms with Gasteiger partial charge in [-0.2, -0.15) is 0 Å². The van der Waals surface area contributed by atoms with Gasteiger partial charge in [0.25, 0.3) is 0 Å². The van der Waals surface area contributed by atoms with Crippen molar-refractivity contribution < 1.29 is 4.74 Å². The number of rotatable bonds is 9. The molecule has 4 heterocycles. The molecular formula is C78H70N4OSi. The number of hydrogen-bond acceptors (Lipinski definition) is 4. The standard InChI is InChI=1S/C78H70N4OSi/c1-76(2,3)54-36-39-60(40-37-54)84(72-34-22-17-29-64(72)65-30-18-23-35-73(65)84)61-48-57(47-59(49-61)83-58-38-41-63-62-28-16-19-31-68(62)82(71(63)50-58)74-46-55(42-43-79-74)77(4,5)6)80-51-81(70-33-21-20-32-69(70)80)75-66(52-24-12-10-13-25-52)44-56(78(7,8)9)45-67(75)53-26-14-11-15-27-53/h10-50H,51H2,1-9H3. The van der Waals surface area contributed by atoms with Crippen LogP contribution >= 0.6 is 0 Å². The first kappa shape index (κ1) is 52.8. The molecule has 0 radical (unpaired) electrons. The summed E-state index contributed by atoms with van der Waals surface area (Å²) in [6, 6.07) is 90.6. The van der Waals surface area contributed by atoms with Gasteiger partial charge in [-0.3, -0.25) is 4.57 Å². The Bertz CT molecular complexity index is 4400. The van der Waals surface area contributed by atoms with Crippen LogP contribution < -0.4 is 35.3 Å². The van der Waals surface area contributed by atoms with Crippen molar-refractivity contribution in [2.75, 3.05) is 16.5 Å². The largest absolute Gasteiger partial charge is 0.457 e. The minimum Gasteiger partial charge on any atom is -0.457 e. The lowest BCUT2D eigenvalue weighted by Gasteiger charge is -2.33. The maximum Gasteiger partial charge on any atom is 0.181 e. The quantitative estimate of drug-likeness (QED) is 0.135. The minimum atomic E-state index is -3.11. The van der Waals surface area contributed by atoms with Crippen LogP contribution in [0.1, 0.15) is 79.0 Å². The van der Waals surface area contributed by atoms with Gasteiger partial charge in [-0.05, 0) is 143 Å². The fraction of sp³-hybridized carbons (Fsp3) is 0.167. The van der Waals surface area contributed by atoms with E-state index in [0.29, 0.717) is 6.67 Å². The number of para-hydroxylation sites is 3. The molecule has 412 valence electrons. The van der Waals surface area contributed by atoms with Crippen molar-refractivity contribution in [3.8, 4) is 50.7 Å². The SMILES string of the molecule is CC(C)(C)c1ccc([Si]2(c3cc(Oc4ccc5c6ccccc6n(-c6cc(C(C)(C)C)ccn6)c5c4)cc(N4CN(c5c(-c6ccccc6)cc(C(C)(C)C)cc5-c5ccccc5)c5ccccc54)c3)c3ccccc3-c3ccccc32)cc1. The van der Waals surface area contributed by atoms with Gasteiger partial charge in [0.2, 0.25) is 0 Å². The van der Waals surface area contributed by atoms with E-state index in [4.69, 9.17) is 9.72 Å². The summed E-state index contributed by atoms with van der Waals surface area (Å²) in [5.74, 6) is 2.41. The van der Waals surface area contributed by atoms with E-state index in [2.05, 4.69) is 319 Å². The Morgan fingerprint density at radius 2 is 0.940 bits per heavy atom. The summed E-state index contributed by atoms with van der Waals surface area (Å²) in [6.07, 6.45) is 1.95. The fourth-order valence-electron chi connectivity index (χ4n) is 13.3. The van der Waals surface area contributed by atoms with E-state index in [9.17, 15) is 0 Å². The monoisotopic (exact) mass is 1110 g/mol. The van der Waals surface area contributed by atoms with Gasteiger partial charge < -0.3 is 14.5 Å². The summed E-state index contributed by atoms with van der Waals surface area (Å²) in [7, 11) is -3.11. The lowest BCUT2D eigenvalue weighted by atomic mass is 9.82. The van der Waals surface area contributed by atoms with Crippen LogP contribution in [-0.4, -0.2) is 24.3 Å². The molecule has 14 rings (SSSR count). The zero-order chi connectivity index (χ0) is 57.7. The van der Waals surface area contributed by atoms with Crippen LogP contribution in [0.3, 0.4) is 0 Å². The molecule has 2 aromatic heterocycles. The Kier molecular flexibility index (Phi) is 12.6. The number of hydrogen-bond donors (Lipinski definition) is 0. The van der Waals surface area contributed by atoms with Gasteiger partial charge in [0.15, 0.2) is 8.07 Å². The second-order valence-electron chi connectivity index (χ2n) is 26.1. The highest BCUT2D eigenvalue weighted by Crippen LogP contribution is 2.52. The van der Waals surface area contributed by atoms with Gasteiger partial charge in [-0.25, -0.2) is 4.98 Å². The molecule has 12 aromatic rings.